The molecule has 7 nitrogen and oxygen atoms in total. The standard InChI is InChI=1S/C20H28N2O5/c23-19(24)15-7-9-16(10-8-15)21-20(25)22-13-18(14-22)27-12-4-11-26-17-5-2-1-3-6-17/h1-3,5-6,15-16,18H,4,7-14H2,(H,21,25)(H,23,24). The molecule has 0 atom stereocenters. The molecular weight excluding hydrogens is 348 g/mol. The zero-order valence-electron chi connectivity index (χ0n) is 15.5. The number of rotatable bonds is 8. The van der Waals surface area contributed by atoms with Crippen molar-refractivity contribution in [2.24, 2.45) is 5.92 Å². The fourth-order valence-electron chi connectivity index (χ4n) is 3.48. The van der Waals surface area contributed by atoms with Gasteiger partial charge in [0.2, 0.25) is 0 Å². The Balaban J connectivity index is 1.22. The van der Waals surface area contributed by atoms with Gasteiger partial charge in [0.05, 0.1) is 38.3 Å². The number of amides is 2. The maximum atomic E-state index is 12.2. The lowest BCUT2D eigenvalue weighted by Crippen LogP contribution is -2.59. The van der Waals surface area contributed by atoms with Crippen LogP contribution in [0.15, 0.2) is 30.3 Å². The molecule has 1 aliphatic carbocycles. The number of carbonyl (C=O) groups is 2. The summed E-state index contributed by atoms with van der Waals surface area (Å²) in [6.45, 7) is 2.44. The molecule has 1 aromatic rings. The minimum Gasteiger partial charge on any atom is -0.494 e. The van der Waals surface area contributed by atoms with Crippen molar-refractivity contribution >= 4 is 12.0 Å². The van der Waals surface area contributed by atoms with Crippen LogP contribution in [-0.4, -0.2) is 60.5 Å². The molecule has 0 spiro atoms. The molecular formula is C20H28N2O5. The second kappa shape index (κ2) is 9.60. The highest BCUT2D eigenvalue weighted by molar-refractivity contribution is 5.75. The number of carbonyl (C=O) groups excluding carboxylic acids is 1. The molecule has 7 heteroatoms. The van der Waals surface area contributed by atoms with Gasteiger partial charge in [0.25, 0.3) is 0 Å². The Kier molecular flexibility index (Phi) is 6.92. The first-order valence-electron chi connectivity index (χ1n) is 9.69. The van der Waals surface area contributed by atoms with Gasteiger partial charge in [0.1, 0.15) is 5.75 Å². The molecule has 0 unspecified atom stereocenters. The molecule has 2 aliphatic rings. The summed E-state index contributed by atoms with van der Waals surface area (Å²) in [5.74, 6) is -0.121. The van der Waals surface area contributed by atoms with E-state index in [1.165, 1.54) is 0 Å². The first-order chi connectivity index (χ1) is 13.1. The molecule has 1 saturated heterocycles. The van der Waals surface area contributed by atoms with Gasteiger partial charge in [-0.1, -0.05) is 18.2 Å². The number of ether oxygens (including phenoxy) is 2. The van der Waals surface area contributed by atoms with E-state index in [2.05, 4.69) is 5.32 Å². The maximum absolute atomic E-state index is 12.2. The number of carboxylic acid groups (broad SMARTS) is 1. The summed E-state index contributed by atoms with van der Waals surface area (Å²) < 4.78 is 11.4. The van der Waals surface area contributed by atoms with E-state index in [0.717, 1.165) is 25.0 Å². The topological polar surface area (TPSA) is 88.1 Å². The van der Waals surface area contributed by atoms with Gasteiger partial charge in [-0.05, 0) is 37.8 Å². The lowest BCUT2D eigenvalue weighted by molar-refractivity contribution is -0.142. The van der Waals surface area contributed by atoms with Gasteiger partial charge >= 0.3 is 12.0 Å². The second-order valence-electron chi connectivity index (χ2n) is 7.25. The number of urea groups is 1. The molecule has 1 aromatic carbocycles. The molecule has 2 amide bonds. The summed E-state index contributed by atoms with van der Waals surface area (Å²) in [5, 5.41) is 12.0. The summed E-state index contributed by atoms with van der Waals surface area (Å²) in [5.41, 5.74) is 0. The van der Waals surface area contributed by atoms with E-state index < -0.39 is 5.97 Å². The van der Waals surface area contributed by atoms with Crippen LogP contribution in [0.2, 0.25) is 0 Å². The Morgan fingerprint density at radius 2 is 1.78 bits per heavy atom. The van der Waals surface area contributed by atoms with E-state index in [4.69, 9.17) is 14.6 Å². The molecule has 148 valence electrons. The van der Waals surface area contributed by atoms with Crippen molar-refractivity contribution in [2.45, 2.75) is 44.2 Å². The quantitative estimate of drug-likeness (QED) is 0.681. The third-order valence-electron chi connectivity index (χ3n) is 5.19. The molecule has 1 saturated carbocycles. The highest BCUT2D eigenvalue weighted by atomic mass is 16.5. The molecule has 0 bridgehead atoms. The van der Waals surface area contributed by atoms with Crippen molar-refractivity contribution in [2.75, 3.05) is 26.3 Å². The fourth-order valence-corrected chi connectivity index (χ4v) is 3.48. The molecule has 2 fully saturated rings. The van der Waals surface area contributed by atoms with Crippen LogP contribution in [0.25, 0.3) is 0 Å². The number of hydrogen-bond donors (Lipinski definition) is 2. The normalized spacial score (nSPS) is 22.7. The molecule has 3 rings (SSSR count). The largest absolute Gasteiger partial charge is 0.494 e. The van der Waals surface area contributed by atoms with Gasteiger partial charge in [0, 0.05) is 12.5 Å². The summed E-state index contributed by atoms with van der Waals surface area (Å²) >= 11 is 0. The fraction of sp³-hybridized carbons (Fsp3) is 0.600. The Morgan fingerprint density at radius 3 is 2.44 bits per heavy atom. The predicted molar refractivity (Wildman–Crippen MR) is 99.8 cm³/mol. The highest BCUT2D eigenvalue weighted by Gasteiger charge is 2.33. The van der Waals surface area contributed by atoms with Crippen molar-refractivity contribution in [3.63, 3.8) is 0 Å². The first-order valence-corrected chi connectivity index (χ1v) is 9.69. The lowest BCUT2D eigenvalue weighted by atomic mass is 9.86. The van der Waals surface area contributed by atoms with E-state index in [1.54, 1.807) is 4.90 Å². The number of aliphatic carboxylic acids is 1. The van der Waals surface area contributed by atoms with Crippen LogP contribution in [0.1, 0.15) is 32.1 Å². The Bertz CT molecular complexity index is 610. The monoisotopic (exact) mass is 376 g/mol. The highest BCUT2D eigenvalue weighted by Crippen LogP contribution is 2.25. The van der Waals surface area contributed by atoms with E-state index in [9.17, 15) is 9.59 Å². The van der Waals surface area contributed by atoms with Crippen LogP contribution in [-0.2, 0) is 9.53 Å². The van der Waals surface area contributed by atoms with E-state index >= 15 is 0 Å². The third-order valence-corrected chi connectivity index (χ3v) is 5.19. The summed E-state index contributed by atoms with van der Waals surface area (Å²) in [6.07, 6.45) is 3.64. The number of nitrogens with one attached hydrogen (secondary N) is 1. The molecule has 1 heterocycles. The molecule has 27 heavy (non-hydrogen) atoms. The van der Waals surface area contributed by atoms with Crippen LogP contribution >= 0.6 is 0 Å². The zero-order chi connectivity index (χ0) is 19.1. The number of hydrogen-bond acceptors (Lipinski definition) is 4. The molecule has 0 radical (unpaired) electrons. The first kappa shape index (κ1) is 19.5. The number of para-hydroxylation sites is 1. The van der Waals surface area contributed by atoms with Crippen LogP contribution in [0.4, 0.5) is 4.79 Å². The smallest absolute Gasteiger partial charge is 0.317 e. The minimum absolute atomic E-state index is 0.0685. The van der Waals surface area contributed by atoms with Crippen molar-refractivity contribution in [1.29, 1.82) is 0 Å². The number of likely N-dealkylation sites (tertiary alicyclic amines) is 1. The van der Waals surface area contributed by atoms with E-state index in [-0.39, 0.29) is 24.1 Å². The molecule has 1 aliphatic heterocycles. The van der Waals surface area contributed by atoms with E-state index in [1.807, 2.05) is 30.3 Å². The Hall–Kier alpha value is -2.28. The van der Waals surface area contributed by atoms with Crippen LogP contribution < -0.4 is 10.1 Å². The molecule has 0 aromatic heterocycles. The predicted octanol–water partition coefficient (Wildman–Crippen LogP) is 2.51. The summed E-state index contributed by atoms with van der Waals surface area (Å²) in [4.78, 5) is 24.9. The van der Waals surface area contributed by atoms with Gasteiger partial charge in [-0.25, -0.2) is 4.79 Å². The zero-order valence-corrected chi connectivity index (χ0v) is 15.5. The summed E-state index contributed by atoms with van der Waals surface area (Å²) in [6, 6.07) is 9.71. The maximum Gasteiger partial charge on any atom is 0.317 e. The van der Waals surface area contributed by atoms with Crippen molar-refractivity contribution in [3.05, 3.63) is 30.3 Å². The number of carboxylic acids is 1. The van der Waals surface area contributed by atoms with Crippen LogP contribution in [0.5, 0.6) is 5.75 Å². The number of nitrogens with zero attached hydrogens (tertiary/aromatic N) is 1. The van der Waals surface area contributed by atoms with Gasteiger partial charge in [-0.3, -0.25) is 4.79 Å². The SMILES string of the molecule is O=C(O)C1CCC(NC(=O)N2CC(OCCCOc3ccccc3)C2)CC1. The second-order valence-corrected chi connectivity index (χ2v) is 7.25. The van der Waals surface area contributed by atoms with Crippen LogP contribution in [0, 0.1) is 5.92 Å². The van der Waals surface area contributed by atoms with Crippen molar-refractivity contribution in [3.8, 4) is 5.75 Å². The van der Waals surface area contributed by atoms with Gasteiger partial charge < -0.3 is 24.8 Å². The third kappa shape index (κ3) is 5.85. The minimum atomic E-state index is -0.725. The number of benzene rings is 1. The lowest BCUT2D eigenvalue weighted by Gasteiger charge is -2.40. The van der Waals surface area contributed by atoms with Gasteiger partial charge in [-0.2, -0.15) is 0 Å². The van der Waals surface area contributed by atoms with Crippen molar-refractivity contribution < 1.29 is 24.2 Å². The summed E-state index contributed by atoms with van der Waals surface area (Å²) in [7, 11) is 0. The van der Waals surface area contributed by atoms with E-state index in [0.29, 0.717) is 39.1 Å². The molecule has 2 N–H and O–H groups in total. The van der Waals surface area contributed by atoms with Gasteiger partial charge in [0.15, 0.2) is 0 Å². The average Bonchev–Trinajstić information content (AvgIpc) is 2.64. The van der Waals surface area contributed by atoms with Gasteiger partial charge in [-0.15, -0.1) is 0 Å². The van der Waals surface area contributed by atoms with Crippen LogP contribution in [0.3, 0.4) is 0 Å². The Morgan fingerprint density at radius 1 is 1.07 bits per heavy atom. The average molecular weight is 376 g/mol. The Labute approximate surface area is 159 Å². The van der Waals surface area contributed by atoms with Crippen molar-refractivity contribution in [1.82, 2.24) is 10.2 Å².